The quantitative estimate of drug-likeness (QED) is 0.0199. The van der Waals surface area contributed by atoms with E-state index in [1.165, 1.54) is 116 Å². The van der Waals surface area contributed by atoms with E-state index in [0.29, 0.717) is 19.3 Å². The van der Waals surface area contributed by atoms with Gasteiger partial charge in [0.2, 0.25) is 0 Å². The third-order valence-electron chi connectivity index (χ3n) is 11.3. The number of hydrogen-bond donors (Lipinski definition) is 0. The first-order valence-corrected chi connectivity index (χ1v) is 27.4. The smallest absolute Gasteiger partial charge is 0.306 e. The molecule has 0 bridgehead atoms. The van der Waals surface area contributed by atoms with Crippen LogP contribution in [0, 0.1) is 0 Å². The summed E-state index contributed by atoms with van der Waals surface area (Å²) in [7, 11) is 0. The highest BCUT2D eigenvalue weighted by Gasteiger charge is 2.19. The lowest BCUT2D eigenvalue weighted by atomic mass is 10.1. The van der Waals surface area contributed by atoms with E-state index in [1.807, 2.05) is 6.08 Å². The minimum atomic E-state index is -0.833. The second-order valence-corrected chi connectivity index (χ2v) is 17.8. The number of carbonyl (C=O) groups is 3. The molecule has 0 radical (unpaired) electrons. The molecule has 0 aromatic rings. The Hall–Kier alpha value is -3.93. The van der Waals surface area contributed by atoms with Gasteiger partial charge >= 0.3 is 17.9 Å². The summed E-state index contributed by atoms with van der Waals surface area (Å²) in [6.07, 6.45) is 73.8. The Morgan fingerprint density at radius 3 is 1.16 bits per heavy atom. The Balaban J connectivity index is 4.52. The highest BCUT2D eigenvalue weighted by Crippen LogP contribution is 2.14. The maximum absolute atomic E-state index is 12.8. The van der Waals surface area contributed by atoms with Crippen LogP contribution >= 0.6 is 0 Å². The van der Waals surface area contributed by atoms with E-state index < -0.39 is 6.10 Å². The second-order valence-electron chi connectivity index (χ2n) is 17.8. The van der Waals surface area contributed by atoms with Gasteiger partial charge in [0, 0.05) is 19.3 Å². The maximum atomic E-state index is 12.8. The third-order valence-corrected chi connectivity index (χ3v) is 11.3. The average molecular weight is 929 g/mol. The highest BCUT2D eigenvalue weighted by atomic mass is 16.6. The minimum Gasteiger partial charge on any atom is -0.462 e. The van der Waals surface area contributed by atoms with Crippen molar-refractivity contribution in [2.75, 3.05) is 13.2 Å². The Kier molecular flexibility index (Phi) is 51.5. The summed E-state index contributed by atoms with van der Waals surface area (Å²) in [4.78, 5) is 38.0. The fraction of sp³-hybridized carbons (Fsp3) is 0.656. The average Bonchev–Trinajstić information content (AvgIpc) is 3.33. The first-order valence-electron chi connectivity index (χ1n) is 27.4. The molecule has 380 valence electrons. The lowest BCUT2D eigenvalue weighted by molar-refractivity contribution is -0.166. The first-order chi connectivity index (χ1) is 33.0. The Labute approximate surface area is 412 Å². The molecule has 0 N–H and O–H groups in total. The van der Waals surface area contributed by atoms with Gasteiger partial charge in [0.15, 0.2) is 6.10 Å². The molecule has 1 atom stereocenters. The van der Waals surface area contributed by atoms with Crippen LogP contribution in [-0.2, 0) is 28.6 Å². The molecule has 0 aromatic carbocycles. The fourth-order valence-electron chi connectivity index (χ4n) is 7.17. The van der Waals surface area contributed by atoms with Crippen LogP contribution in [0.1, 0.15) is 239 Å². The standard InChI is InChI=1S/C61H100O6/c1-4-7-10-13-16-19-22-25-27-29-30-32-33-36-39-42-45-48-51-54-60(63)66-57-58(56-65-59(62)53-50-47-44-41-38-35-24-21-18-15-12-9-6-3)67-61(64)55-52-49-46-43-40-37-34-31-28-26-23-20-17-14-11-8-5-2/h8,11,16-17,19-20,22,25-26,28,34-35,37-38,43-44,46-47,58H,4-7,9-10,12-15,18,21,23-24,27,29-33,36,39-42,45,48-57H2,1-3H3/b11-8+,19-16+,20-17+,25-22+,28-26+,37-34+,38-35+,46-43+,47-44+. The number of hydrogen-bond acceptors (Lipinski definition) is 6. The third kappa shape index (κ3) is 52.9. The van der Waals surface area contributed by atoms with Crippen molar-refractivity contribution in [1.29, 1.82) is 0 Å². The molecule has 0 aliphatic carbocycles. The van der Waals surface area contributed by atoms with E-state index in [9.17, 15) is 14.4 Å². The Morgan fingerprint density at radius 2 is 0.672 bits per heavy atom. The SMILES string of the molecule is CC/C=C/C/C=C/C/C=C/C/C=C/C/C=C/CCCC(=O)OC(COC(=O)CC/C=C/C/C=C/CCCCCCCC)COC(=O)CCCCCCCCCCCC/C=C/C=C/CCCCC. The summed E-state index contributed by atoms with van der Waals surface area (Å²) in [6.45, 7) is 6.38. The van der Waals surface area contributed by atoms with Crippen LogP contribution in [0.15, 0.2) is 109 Å². The molecule has 0 aliphatic heterocycles. The fourth-order valence-corrected chi connectivity index (χ4v) is 7.17. The molecule has 6 nitrogen and oxygen atoms in total. The Morgan fingerprint density at radius 1 is 0.328 bits per heavy atom. The van der Waals surface area contributed by atoms with Crippen molar-refractivity contribution in [3.05, 3.63) is 109 Å². The van der Waals surface area contributed by atoms with E-state index >= 15 is 0 Å². The van der Waals surface area contributed by atoms with Gasteiger partial charge in [-0.1, -0.05) is 226 Å². The second kappa shape index (κ2) is 54.7. The van der Waals surface area contributed by atoms with Gasteiger partial charge in [-0.15, -0.1) is 0 Å². The summed E-state index contributed by atoms with van der Waals surface area (Å²) in [5.74, 6) is -1.06. The summed E-state index contributed by atoms with van der Waals surface area (Å²) >= 11 is 0. The zero-order valence-corrected chi connectivity index (χ0v) is 43.4. The molecule has 0 saturated heterocycles. The van der Waals surface area contributed by atoms with Crippen LogP contribution in [-0.4, -0.2) is 37.2 Å². The van der Waals surface area contributed by atoms with Gasteiger partial charge in [-0.2, -0.15) is 0 Å². The zero-order chi connectivity index (χ0) is 48.6. The van der Waals surface area contributed by atoms with Gasteiger partial charge < -0.3 is 14.2 Å². The van der Waals surface area contributed by atoms with Gasteiger partial charge in [-0.05, 0) is 103 Å². The molecule has 0 aromatic heterocycles. The van der Waals surface area contributed by atoms with Gasteiger partial charge in [-0.25, -0.2) is 0 Å². The maximum Gasteiger partial charge on any atom is 0.306 e. The topological polar surface area (TPSA) is 78.9 Å². The van der Waals surface area contributed by atoms with Crippen molar-refractivity contribution in [3.63, 3.8) is 0 Å². The lowest BCUT2D eigenvalue weighted by Crippen LogP contribution is -2.30. The molecule has 0 fully saturated rings. The number of unbranched alkanes of at least 4 members (excludes halogenated alkanes) is 20. The number of esters is 3. The lowest BCUT2D eigenvalue weighted by Gasteiger charge is -2.18. The predicted molar refractivity (Wildman–Crippen MR) is 288 cm³/mol. The molecule has 67 heavy (non-hydrogen) atoms. The zero-order valence-electron chi connectivity index (χ0n) is 43.4. The van der Waals surface area contributed by atoms with Crippen LogP contribution in [0.25, 0.3) is 0 Å². The number of allylic oxidation sites excluding steroid dienone is 18. The molecule has 0 amide bonds. The predicted octanol–water partition coefficient (Wildman–Crippen LogP) is 18.3. The minimum absolute atomic E-state index is 0.121. The highest BCUT2D eigenvalue weighted by molar-refractivity contribution is 5.71. The normalized spacial score (nSPS) is 12.9. The van der Waals surface area contributed by atoms with Crippen LogP contribution < -0.4 is 0 Å². The van der Waals surface area contributed by atoms with Crippen molar-refractivity contribution in [3.8, 4) is 0 Å². The largest absolute Gasteiger partial charge is 0.462 e. The Bertz CT molecular complexity index is 1390. The van der Waals surface area contributed by atoms with Crippen molar-refractivity contribution in [1.82, 2.24) is 0 Å². The molecule has 6 heteroatoms. The van der Waals surface area contributed by atoms with E-state index in [4.69, 9.17) is 14.2 Å². The molecule has 0 heterocycles. The van der Waals surface area contributed by atoms with Crippen molar-refractivity contribution in [2.45, 2.75) is 245 Å². The van der Waals surface area contributed by atoms with Crippen LogP contribution in [0.5, 0.6) is 0 Å². The number of carbonyl (C=O) groups excluding carboxylic acids is 3. The van der Waals surface area contributed by atoms with E-state index in [-0.39, 0.29) is 44.0 Å². The summed E-state index contributed by atoms with van der Waals surface area (Å²) in [5.41, 5.74) is 0. The van der Waals surface area contributed by atoms with Crippen molar-refractivity contribution < 1.29 is 28.6 Å². The van der Waals surface area contributed by atoms with Crippen LogP contribution in [0.2, 0.25) is 0 Å². The van der Waals surface area contributed by atoms with Gasteiger partial charge in [0.05, 0.1) is 0 Å². The molecular formula is C61H100O6. The summed E-state index contributed by atoms with van der Waals surface area (Å²) in [6, 6.07) is 0. The molecule has 1 unspecified atom stereocenters. The van der Waals surface area contributed by atoms with Crippen LogP contribution in [0.3, 0.4) is 0 Å². The molecule has 0 saturated carbocycles. The van der Waals surface area contributed by atoms with Gasteiger partial charge in [0.1, 0.15) is 13.2 Å². The number of ether oxygens (including phenoxy) is 3. The molecule has 0 spiro atoms. The monoisotopic (exact) mass is 929 g/mol. The van der Waals surface area contributed by atoms with E-state index in [2.05, 4.69) is 124 Å². The van der Waals surface area contributed by atoms with E-state index in [1.54, 1.807) is 0 Å². The molecular weight excluding hydrogens is 829 g/mol. The van der Waals surface area contributed by atoms with Gasteiger partial charge in [0.25, 0.3) is 0 Å². The van der Waals surface area contributed by atoms with Crippen LogP contribution in [0.4, 0.5) is 0 Å². The summed E-state index contributed by atoms with van der Waals surface area (Å²) in [5, 5.41) is 0. The summed E-state index contributed by atoms with van der Waals surface area (Å²) < 4.78 is 16.7. The van der Waals surface area contributed by atoms with E-state index in [0.717, 1.165) is 70.6 Å². The number of rotatable bonds is 48. The van der Waals surface area contributed by atoms with Crippen molar-refractivity contribution >= 4 is 17.9 Å². The van der Waals surface area contributed by atoms with Gasteiger partial charge in [-0.3, -0.25) is 14.4 Å². The first kappa shape index (κ1) is 63.1. The van der Waals surface area contributed by atoms with Crippen molar-refractivity contribution in [2.24, 2.45) is 0 Å². The molecule has 0 rings (SSSR count). The molecule has 0 aliphatic rings.